The molecule has 21 heavy (non-hydrogen) atoms. The van der Waals surface area contributed by atoms with Crippen LogP contribution in [0, 0.1) is 5.92 Å². The number of hydrogen-bond acceptors (Lipinski definition) is 4. The second kappa shape index (κ2) is 6.91. The SMILES string of the molecule is CCC1OCCC1CNS(=O)(=O)c1cc(CN)n(CC)c1. The molecule has 2 rings (SSSR count). The lowest BCUT2D eigenvalue weighted by Crippen LogP contribution is -2.32. The van der Waals surface area contributed by atoms with Crippen molar-refractivity contribution in [2.24, 2.45) is 11.7 Å². The number of nitrogens with zero attached hydrogens (tertiary/aromatic N) is 1. The van der Waals surface area contributed by atoms with Gasteiger partial charge in [0.1, 0.15) is 0 Å². The van der Waals surface area contributed by atoms with Crippen LogP contribution in [0.4, 0.5) is 0 Å². The molecule has 0 aromatic carbocycles. The van der Waals surface area contributed by atoms with Gasteiger partial charge in [0.2, 0.25) is 10.0 Å². The van der Waals surface area contributed by atoms with Gasteiger partial charge in [-0.25, -0.2) is 13.1 Å². The molecule has 1 fully saturated rings. The molecule has 7 heteroatoms. The number of rotatable bonds is 7. The predicted molar refractivity (Wildman–Crippen MR) is 81.3 cm³/mol. The molecule has 1 aliphatic heterocycles. The summed E-state index contributed by atoms with van der Waals surface area (Å²) in [5, 5.41) is 0. The fourth-order valence-corrected chi connectivity index (χ4v) is 3.97. The van der Waals surface area contributed by atoms with Crippen LogP contribution in [0.2, 0.25) is 0 Å². The second-order valence-electron chi connectivity index (χ2n) is 5.38. The molecule has 120 valence electrons. The van der Waals surface area contributed by atoms with E-state index in [-0.39, 0.29) is 16.9 Å². The van der Waals surface area contributed by atoms with Gasteiger partial charge in [-0.1, -0.05) is 6.92 Å². The molecule has 0 saturated carbocycles. The van der Waals surface area contributed by atoms with Crippen molar-refractivity contribution in [1.29, 1.82) is 0 Å². The molecular weight excluding hydrogens is 290 g/mol. The van der Waals surface area contributed by atoms with Gasteiger partial charge < -0.3 is 15.0 Å². The molecule has 1 aromatic rings. The summed E-state index contributed by atoms with van der Waals surface area (Å²) in [5.74, 6) is 0.256. The molecule has 0 radical (unpaired) electrons. The van der Waals surface area contributed by atoms with Crippen molar-refractivity contribution in [1.82, 2.24) is 9.29 Å². The van der Waals surface area contributed by atoms with Crippen molar-refractivity contribution in [2.45, 2.75) is 50.8 Å². The van der Waals surface area contributed by atoms with E-state index >= 15 is 0 Å². The normalized spacial score (nSPS) is 22.8. The van der Waals surface area contributed by atoms with Crippen LogP contribution < -0.4 is 10.5 Å². The van der Waals surface area contributed by atoms with E-state index < -0.39 is 10.0 Å². The minimum absolute atomic E-state index is 0.160. The summed E-state index contributed by atoms with van der Waals surface area (Å²) >= 11 is 0. The summed E-state index contributed by atoms with van der Waals surface area (Å²) < 4.78 is 34.9. The topological polar surface area (TPSA) is 86.3 Å². The van der Waals surface area contributed by atoms with Gasteiger partial charge in [0.05, 0.1) is 11.0 Å². The highest BCUT2D eigenvalue weighted by Gasteiger charge is 2.28. The zero-order valence-corrected chi connectivity index (χ0v) is 13.5. The highest BCUT2D eigenvalue weighted by molar-refractivity contribution is 7.89. The Hall–Kier alpha value is -0.890. The van der Waals surface area contributed by atoms with Crippen molar-refractivity contribution in [3.05, 3.63) is 18.0 Å². The third-order valence-electron chi connectivity index (χ3n) is 4.11. The van der Waals surface area contributed by atoms with Gasteiger partial charge in [0.25, 0.3) is 0 Å². The molecule has 2 unspecified atom stereocenters. The third kappa shape index (κ3) is 3.66. The van der Waals surface area contributed by atoms with Crippen LogP contribution in [-0.4, -0.2) is 32.2 Å². The molecule has 1 aliphatic rings. The average molecular weight is 315 g/mol. The minimum atomic E-state index is -3.48. The molecule has 1 saturated heterocycles. The van der Waals surface area contributed by atoms with Crippen LogP contribution in [0.3, 0.4) is 0 Å². The van der Waals surface area contributed by atoms with Gasteiger partial charge >= 0.3 is 0 Å². The Morgan fingerprint density at radius 3 is 2.81 bits per heavy atom. The first-order valence-electron chi connectivity index (χ1n) is 7.52. The monoisotopic (exact) mass is 315 g/mol. The molecule has 0 amide bonds. The number of aryl methyl sites for hydroxylation is 1. The number of aromatic nitrogens is 1. The summed E-state index contributed by atoms with van der Waals surface area (Å²) in [7, 11) is -3.48. The Kier molecular flexibility index (Phi) is 5.43. The van der Waals surface area contributed by atoms with E-state index in [0.29, 0.717) is 26.2 Å². The molecule has 0 spiro atoms. The zero-order chi connectivity index (χ0) is 15.5. The van der Waals surface area contributed by atoms with Crippen LogP contribution in [0.5, 0.6) is 0 Å². The minimum Gasteiger partial charge on any atom is -0.378 e. The van der Waals surface area contributed by atoms with Crippen LogP contribution in [0.15, 0.2) is 17.2 Å². The van der Waals surface area contributed by atoms with E-state index in [0.717, 1.165) is 18.5 Å². The van der Waals surface area contributed by atoms with Gasteiger partial charge in [-0.2, -0.15) is 0 Å². The maximum atomic E-state index is 12.4. The molecule has 1 aromatic heterocycles. The standard InChI is InChI=1S/C14H25N3O3S/c1-3-14-11(5-6-20-14)9-16-21(18,19)13-7-12(8-15)17(4-2)10-13/h7,10-11,14,16H,3-6,8-9,15H2,1-2H3. The van der Waals surface area contributed by atoms with Crippen LogP contribution in [-0.2, 0) is 27.8 Å². The average Bonchev–Trinajstić information content (AvgIpc) is 3.11. The van der Waals surface area contributed by atoms with E-state index in [4.69, 9.17) is 10.5 Å². The van der Waals surface area contributed by atoms with Crippen molar-refractivity contribution >= 4 is 10.0 Å². The maximum Gasteiger partial charge on any atom is 0.242 e. The zero-order valence-electron chi connectivity index (χ0n) is 12.7. The molecule has 0 aliphatic carbocycles. The Morgan fingerprint density at radius 1 is 1.48 bits per heavy atom. The van der Waals surface area contributed by atoms with Gasteiger partial charge in [0.15, 0.2) is 0 Å². The van der Waals surface area contributed by atoms with Gasteiger partial charge in [-0.15, -0.1) is 0 Å². The highest BCUT2D eigenvalue weighted by atomic mass is 32.2. The molecule has 3 N–H and O–H groups in total. The van der Waals surface area contributed by atoms with Crippen molar-refractivity contribution in [2.75, 3.05) is 13.2 Å². The quantitative estimate of drug-likeness (QED) is 0.788. The fourth-order valence-electron chi connectivity index (χ4n) is 2.82. The van der Waals surface area contributed by atoms with E-state index in [2.05, 4.69) is 11.6 Å². The summed E-state index contributed by atoms with van der Waals surface area (Å²) in [6, 6.07) is 1.65. The number of sulfonamides is 1. The number of hydrogen-bond donors (Lipinski definition) is 2. The van der Waals surface area contributed by atoms with Crippen LogP contribution in [0.25, 0.3) is 0 Å². The first-order valence-corrected chi connectivity index (χ1v) is 9.00. The summed E-state index contributed by atoms with van der Waals surface area (Å²) in [6.45, 7) is 6.20. The lowest BCUT2D eigenvalue weighted by molar-refractivity contribution is 0.0884. The van der Waals surface area contributed by atoms with Gasteiger partial charge in [-0.3, -0.25) is 0 Å². The van der Waals surface area contributed by atoms with Crippen molar-refractivity contribution < 1.29 is 13.2 Å². The Bertz CT molecular complexity index is 547. The largest absolute Gasteiger partial charge is 0.378 e. The van der Waals surface area contributed by atoms with Crippen LogP contribution in [0.1, 0.15) is 32.4 Å². The molecule has 6 nitrogen and oxygen atoms in total. The van der Waals surface area contributed by atoms with Crippen LogP contribution >= 0.6 is 0 Å². The lowest BCUT2D eigenvalue weighted by Gasteiger charge is -2.16. The number of nitrogens with two attached hydrogens (primary N) is 1. The Balaban J connectivity index is 2.06. The van der Waals surface area contributed by atoms with E-state index in [9.17, 15) is 8.42 Å². The molecule has 2 atom stereocenters. The first-order chi connectivity index (χ1) is 10.0. The predicted octanol–water partition coefficient (Wildman–Crippen LogP) is 1.06. The van der Waals surface area contributed by atoms with Gasteiger partial charge in [-0.05, 0) is 25.8 Å². The summed E-state index contributed by atoms with van der Waals surface area (Å²) in [4.78, 5) is 0.289. The third-order valence-corrected chi connectivity index (χ3v) is 5.50. The number of ether oxygens (including phenoxy) is 1. The van der Waals surface area contributed by atoms with Crippen molar-refractivity contribution in [3.8, 4) is 0 Å². The van der Waals surface area contributed by atoms with E-state index in [1.807, 2.05) is 11.5 Å². The van der Waals surface area contributed by atoms with Crippen molar-refractivity contribution in [3.63, 3.8) is 0 Å². The molecule has 0 bridgehead atoms. The highest BCUT2D eigenvalue weighted by Crippen LogP contribution is 2.23. The molecule has 2 heterocycles. The Morgan fingerprint density at radius 2 is 2.24 bits per heavy atom. The Labute approximate surface area is 126 Å². The number of nitrogens with one attached hydrogen (secondary N) is 1. The smallest absolute Gasteiger partial charge is 0.242 e. The molecular formula is C14H25N3O3S. The first kappa shape index (κ1) is 16.5. The second-order valence-corrected chi connectivity index (χ2v) is 7.14. The lowest BCUT2D eigenvalue weighted by atomic mass is 10.0. The van der Waals surface area contributed by atoms with E-state index in [1.165, 1.54) is 0 Å². The fraction of sp³-hybridized carbons (Fsp3) is 0.714. The van der Waals surface area contributed by atoms with Gasteiger partial charge in [0, 0.05) is 44.0 Å². The summed E-state index contributed by atoms with van der Waals surface area (Å²) in [6.07, 6.45) is 3.63. The van der Waals surface area contributed by atoms with E-state index in [1.54, 1.807) is 12.3 Å². The summed E-state index contributed by atoms with van der Waals surface area (Å²) in [5.41, 5.74) is 6.47. The maximum absolute atomic E-state index is 12.4.